The minimum atomic E-state index is -0.302. The molecule has 0 radical (unpaired) electrons. The first-order chi connectivity index (χ1) is 16.6. The standard InChI is InChI=1S/C27H28F2N2O3/c1-33-18-19-34-25-5-3-2-4-24(25)27(32)31-16-14-30(15-17-31)26(20-6-10-22(28)11-7-20)21-8-12-23(29)13-9-21/h2-13,26H,14-19H2,1H3. The van der Waals surface area contributed by atoms with Crippen LogP contribution in [0.2, 0.25) is 0 Å². The summed E-state index contributed by atoms with van der Waals surface area (Å²) in [5.74, 6) is -0.137. The van der Waals surface area contributed by atoms with Crippen LogP contribution < -0.4 is 4.74 Å². The van der Waals surface area contributed by atoms with Crippen LogP contribution in [0, 0.1) is 11.6 Å². The quantitative estimate of drug-likeness (QED) is 0.458. The number of rotatable bonds is 8. The molecule has 0 bridgehead atoms. The van der Waals surface area contributed by atoms with Crippen molar-refractivity contribution in [2.75, 3.05) is 46.5 Å². The second-order valence-electron chi connectivity index (χ2n) is 8.17. The van der Waals surface area contributed by atoms with Gasteiger partial charge in [0.2, 0.25) is 0 Å². The van der Waals surface area contributed by atoms with E-state index in [9.17, 15) is 13.6 Å². The fourth-order valence-corrected chi connectivity index (χ4v) is 4.26. The lowest BCUT2D eigenvalue weighted by Crippen LogP contribution is -2.50. The lowest BCUT2D eigenvalue weighted by molar-refractivity contribution is 0.0591. The second-order valence-corrected chi connectivity index (χ2v) is 8.17. The first-order valence-corrected chi connectivity index (χ1v) is 11.3. The fourth-order valence-electron chi connectivity index (χ4n) is 4.26. The predicted molar refractivity (Wildman–Crippen MR) is 126 cm³/mol. The van der Waals surface area contributed by atoms with E-state index in [2.05, 4.69) is 4.90 Å². The number of hydrogen-bond donors (Lipinski definition) is 0. The molecule has 1 aliphatic rings. The van der Waals surface area contributed by atoms with E-state index in [1.54, 1.807) is 43.5 Å². The van der Waals surface area contributed by atoms with E-state index in [0.29, 0.717) is 50.7 Å². The molecule has 5 nitrogen and oxygen atoms in total. The smallest absolute Gasteiger partial charge is 0.257 e. The summed E-state index contributed by atoms with van der Waals surface area (Å²) in [6, 6.07) is 19.8. The van der Waals surface area contributed by atoms with Crippen molar-refractivity contribution in [1.82, 2.24) is 9.80 Å². The van der Waals surface area contributed by atoms with Crippen LogP contribution >= 0.6 is 0 Å². The average Bonchev–Trinajstić information content (AvgIpc) is 2.87. The number of hydrogen-bond acceptors (Lipinski definition) is 4. The van der Waals surface area contributed by atoms with Gasteiger partial charge in [-0.1, -0.05) is 36.4 Å². The molecule has 0 saturated carbocycles. The fraction of sp³-hybridized carbons (Fsp3) is 0.296. The molecule has 0 N–H and O–H groups in total. The number of benzene rings is 3. The molecule has 0 atom stereocenters. The van der Waals surface area contributed by atoms with Crippen molar-refractivity contribution in [1.29, 1.82) is 0 Å². The number of carbonyl (C=O) groups excluding carboxylic acids is 1. The summed E-state index contributed by atoms with van der Waals surface area (Å²) in [4.78, 5) is 17.3. The second kappa shape index (κ2) is 11.2. The van der Waals surface area contributed by atoms with Crippen molar-refractivity contribution in [3.63, 3.8) is 0 Å². The van der Waals surface area contributed by atoms with Crippen molar-refractivity contribution in [2.24, 2.45) is 0 Å². The SMILES string of the molecule is COCCOc1ccccc1C(=O)N1CCN(C(c2ccc(F)cc2)c2ccc(F)cc2)CC1. The van der Waals surface area contributed by atoms with E-state index in [1.807, 2.05) is 17.0 Å². The summed E-state index contributed by atoms with van der Waals surface area (Å²) in [6.45, 7) is 3.12. The molecule has 0 spiro atoms. The summed E-state index contributed by atoms with van der Waals surface area (Å²) < 4.78 is 37.9. The number of piperazine rings is 1. The Morgan fingerprint density at radius 1 is 0.824 bits per heavy atom. The van der Waals surface area contributed by atoms with Crippen LogP contribution in [0.5, 0.6) is 5.75 Å². The molecular weight excluding hydrogens is 438 g/mol. The molecule has 3 aromatic rings. The average molecular weight is 467 g/mol. The largest absolute Gasteiger partial charge is 0.490 e. The van der Waals surface area contributed by atoms with Gasteiger partial charge in [-0.05, 0) is 47.5 Å². The van der Waals surface area contributed by atoms with E-state index in [4.69, 9.17) is 9.47 Å². The minimum Gasteiger partial charge on any atom is -0.490 e. The summed E-state index contributed by atoms with van der Waals surface area (Å²) in [7, 11) is 1.60. The Kier molecular flexibility index (Phi) is 7.87. The maximum Gasteiger partial charge on any atom is 0.257 e. The van der Waals surface area contributed by atoms with E-state index in [1.165, 1.54) is 24.3 Å². The van der Waals surface area contributed by atoms with Gasteiger partial charge >= 0.3 is 0 Å². The highest BCUT2D eigenvalue weighted by Crippen LogP contribution is 2.30. The van der Waals surface area contributed by atoms with Crippen LogP contribution in [0.25, 0.3) is 0 Å². The van der Waals surface area contributed by atoms with E-state index < -0.39 is 0 Å². The molecule has 7 heteroatoms. The van der Waals surface area contributed by atoms with Crippen LogP contribution in [-0.2, 0) is 4.74 Å². The van der Waals surface area contributed by atoms with Gasteiger partial charge in [-0.25, -0.2) is 8.78 Å². The van der Waals surface area contributed by atoms with Crippen molar-refractivity contribution >= 4 is 5.91 Å². The van der Waals surface area contributed by atoms with Crippen LogP contribution in [0.15, 0.2) is 72.8 Å². The Bertz CT molecular complexity index is 1040. The van der Waals surface area contributed by atoms with Crippen LogP contribution in [-0.4, -0.2) is 62.2 Å². The van der Waals surface area contributed by atoms with Gasteiger partial charge in [-0.15, -0.1) is 0 Å². The van der Waals surface area contributed by atoms with Crippen molar-refractivity contribution < 1.29 is 23.0 Å². The van der Waals surface area contributed by atoms with Gasteiger partial charge in [0, 0.05) is 33.3 Å². The van der Waals surface area contributed by atoms with Crippen molar-refractivity contribution in [2.45, 2.75) is 6.04 Å². The number of para-hydroxylation sites is 1. The lowest BCUT2D eigenvalue weighted by atomic mass is 9.96. The van der Waals surface area contributed by atoms with Gasteiger partial charge in [-0.2, -0.15) is 0 Å². The molecule has 178 valence electrons. The molecule has 0 aromatic heterocycles. The van der Waals surface area contributed by atoms with Gasteiger partial charge in [0.05, 0.1) is 18.2 Å². The normalized spacial score (nSPS) is 14.4. The molecule has 1 aliphatic heterocycles. The van der Waals surface area contributed by atoms with Crippen molar-refractivity contribution in [3.05, 3.63) is 101 Å². The van der Waals surface area contributed by atoms with Gasteiger partial charge in [0.15, 0.2) is 0 Å². The molecule has 0 aliphatic carbocycles. The highest BCUT2D eigenvalue weighted by molar-refractivity contribution is 5.97. The summed E-state index contributed by atoms with van der Waals surface area (Å²) >= 11 is 0. The molecular formula is C27H28F2N2O3. The molecule has 1 amide bonds. The lowest BCUT2D eigenvalue weighted by Gasteiger charge is -2.40. The molecule has 1 fully saturated rings. The molecule has 1 saturated heterocycles. The maximum atomic E-state index is 13.6. The molecule has 34 heavy (non-hydrogen) atoms. The van der Waals surface area contributed by atoms with Gasteiger partial charge in [0.1, 0.15) is 24.0 Å². The number of nitrogens with zero attached hydrogens (tertiary/aromatic N) is 2. The Labute approximate surface area is 198 Å². The van der Waals surface area contributed by atoms with E-state index >= 15 is 0 Å². The zero-order chi connectivity index (χ0) is 23.9. The number of halogens is 2. The van der Waals surface area contributed by atoms with Crippen molar-refractivity contribution in [3.8, 4) is 5.75 Å². The highest BCUT2D eigenvalue weighted by atomic mass is 19.1. The molecule has 4 rings (SSSR count). The molecule has 3 aromatic carbocycles. The zero-order valence-corrected chi connectivity index (χ0v) is 19.1. The monoisotopic (exact) mass is 466 g/mol. The Morgan fingerprint density at radius 2 is 1.38 bits per heavy atom. The van der Waals surface area contributed by atoms with E-state index in [0.717, 1.165) is 11.1 Å². The van der Waals surface area contributed by atoms with Gasteiger partial charge in [0.25, 0.3) is 5.91 Å². The number of amides is 1. The maximum absolute atomic E-state index is 13.6. The third-order valence-corrected chi connectivity index (χ3v) is 6.00. The Morgan fingerprint density at radius 3 is 1.94 bits per heavy atom. The van der Waals surface area contributed by atoms with Gasteiger partial charge in [-0.3, -0.25) is 9.69 Å². The Balaban J connectivity index is 1.49. The topological polar surface area (TPSA) is 42.0 Å². The summed E-state index contributed by atoms with van der Waals surface area (Å²) in [5.41, 5.74) is 2.37. The van der Waals surface area contributed by atoms with Crippen LogP contribution in [0.3, 0.4) is 0 Å². The van der Waals surface area contributed by atoms with Gasteiger partial charge < -0.3 is 14.4 Å². The summed E-state index contributed by atoms with van der Waals surface area (Å²) in [6.07, 6.45) is 0. The number of carbonyl (C=O) groups is 1. The highest BCUT2D eigenvalue weighted by Gasteiger charge is 2.29. The van der Waals surface area contributed by atoms with Crippen LogP contribution in [0.4, 0.5) is 8.78 Å². The van der Waals surface area contributed by atoms with Crippen LogP contribution in [0.1, 0.15) is 27.5 Å². The molecule has 0 unspecified atom stereocenters. The van der Waals surface area contributed by atoms with E-state index in [-0.39, 0.29) is 23.6 Å². The minimum absolute atomic E-state index is 0.0761. The summed E-state index contributed by atoms with van der Waals surface area (Å²) in [5, 5.41) is 0. The first-order valence-electron chi connectivity index (χ1n) is 11.3. The third kappa shape index (κ3) is 5.61. The molecule has 1 heterocycles. The Hall–Kier alpha value is -3.29. The first kappa shape index (κ1) is 23.9. The predicted octanol–water partition coefficient (Wildman–Crippen LogP) is 4.54. The number of ether oxygens (including phenoxy) is 2. The zero-order valence-electron chi connectivity index (χ0n) is 19.1. The third-order valence-electron chi connectivity index (χ3n) is 6.00. The number of methoxy groups -OCH3 is 1.